The van der Waals surface area contributed by atoms with Crippen LogP contribution in [0.2, 0.25) is 0 Å². The molecule has 0 spiro atoms. The van der Waals surface area contributed by atoms with Gasteiger partial charge in [0.25, 0.3) is 0 Å². The predicted molar refractivity (Wildman–Crippen MR) is 100.0 cm³/mol. The Morgan fingerprint density at radius 3 is 2.40 bits per heavy atom. The SMILES string of the molecule is NNc1nc(N)cc(Cc2cccc(C(=O)c3ccccc3)c2)c1N. The highest BCUT2D eigenvalue weighted by Gasteiger charge is 2.12. The zero-order chi connectivity index (χ0) is 17.8. The van der Waals surface area contributed by atoms with Gasteiger partial charge in [0.05, 0.1) is 5.69 Å². The molecule has 0 aliphatic heterocycles. The highest BCUT2D eigenvalue weighted by molar-refractivity contribution is 6.09. The minimum absolute atomic E-state index is 0.0195. The second kappa shape index (κ2) is 7.02. The van der Waals surface area contributed by atoms with Gasteiger partial charge in [-0.15, -0.1) is 0 Å². The number of carbonyl (C=O) groups excluding carboxylic acids is 1. The average Bonchev–Trinajstić information content (AvgIpc) is 2.64. The van der Waals surface area contributed by atoms with Gasteiger partial charge in [0.15, 0.2) is 11.6 Å². The molecule has 3 rings (SSSR count). The number of nitrogens with one attached hydrogen (secondary N) is 1. The van der Waals surface area contributed by atoms with Crippen LogP contribution in [-0.2, 0) is 6.42 Å². The summed E-state index contributed by atoms with van der Waals surface area (Å²) in [6.45, 7) is 0. The van der Waals surface area contributed by atoms with Gasteiger partial charge < -0.3 is 16.9 Å². The van der Waals surface area contributed by atoms with Crippen LogP contribution in [0.5, 0.6) is 0 Å². The van der Waals surface area contributed by atoms with E-state index in [1.165, 1.54) is 0 Å². The third-order valence-electron chi connectivity index (χ3n) is 3.92. The first-order valence-corrected chi connectivity index (χ1v) is 7.78. The van der Waals surface area contributed by atoms with Crippen molar-refractivity contribution in [3.05, 3.63) is 82.9 Å². The zero-order valence-electron chi connectivity index (χ0n) is 13.6. The van der Waals surface area contributed by atoms with Crippen LogP contribution in [0.3, 0.4) is 0 Å². The number of hydrazine groups is 1. The highest BCUT2D eigenvalue weighted by atomic mass is 16.1. The second-order valence-electron chi connectivity index (χ2n) is 5.69. The van der Waals surface area contributed by atoms with E-state index < -0.39 is 0 Å². The number of carbonyl (C=O) groups is 1. The number of benzene rings is 2. The Balaban J connectivity index is 1.91. The Morgan fingerprint density at radius 2 is 1.68 bits per heavy atom. The Labute approximate surface area is 145 Å². The molecule has 0 radical (unpaired) electrons. The molecule has 0 saturated carbocycles. The number of aromatic nitrogens is 1. The van der Waals surface area contributed by atoms with Crippen molar-refractivity contribution in [2.24, 2.45) is 5.84 Å². The molecule has 2 aromatic carbocycles. The Hall–Kier alpha value is -3.38. The lowest BCUT2D eigenvalue weighted by molar-refractivity contribution is 0.103. The maximum Gasteiger partial charge on any atom is 0.193 e. The summed E-state index contributed by atoms with van der Waals surface area (Å²) in [5, 5.41) is 0. The molecule has 0 amide bonds. The lowest BCUT2D eigenvalue weighted by atomic mass is 9.98. The maximum atomic E-state index is 12.6. The summed E-state index contributed by atoms with van der Waals surface area (Å²) < 4.78 is 0. The van der Waals surface area contributed by atoms with Gasteiger partial charge in [0.2, 0.25) is 0 Å². The number of nitrogens with zero attached hydrogens (tertiary/aromatic N) is 1. The van der Waals surface area contributed by atoms with Crippen molar-refractivity contribution >= 4 is 23.1 Å². The molecule has 0 saturated heterocycles. The molecule has 1 aromatic heterocycles. The third-order valence-corrected chi connectivity index (χ3v) is 3.92. The van der Waals surface area contributed by atoms with Gasteiger partial charge in [-0.1, -0.05) is 48.5 Å². The van der Waals surface area contributed by atoms with Gasteiger partial charge in [-0.25, -0.2) is 10.8 Å². The van der Waals surface area contributed by atoms with Gasteiger partial charge in [-0.3, -0.25) is 4.79 Å². The summed E-state index contributed by atoms with van der Waals surface area (Å²) in [5.74, 6) is 6.06. The molecule has 6 heteroatoms. The van der Waals surface area contributed by atoms with Crippen molar-refractivity contribution in [3.63, 3.8) is 0 Å². The van der Waals surface area contributed by atoms with Gasteiger partial charge in [-0.2, -0.15) is 0 Å². The predicted octanol–water partition coefficient (Wildman–Crippen LogP) is 2.35. The van der Waals surface area contributed by atoms with Gasteiger partial charge in [0.1, 0.15) is 5.82 Å². The van der Waals surface area contributed by atoms with E-state index in [4.69, 9.17) is 17.3 Å². The number of nitrogen functional groups attached to an aromatic ring is 3. The molecule has 7 N–H and O–H groups in total. The van der Waals surface area contributed by atoms with E-state index >= 15 is 0 Å². The number of anilines is 3. The topological polar surface area (TPSA) is 120 Å². The van der Waals surface area contributed by atoms with E-state index in [-0.39, 0.29) is 5.78 Å². The van der Waals surface area contributed by atoms with Crippen molar-refractivity contribution in [2.75, 3.05) is 16.9 Å². The van der Waals surface area contributed by atoms with Crippen LogP contribution in [0.15, 0.2) is 60.7 Å². The molecular weight excluding hydrogens is 314 g/mol. The van der Waals surface area contributed by atoms with Crippen LogP contribution >= 0.6 is 0 Å². The minimum Gasteiger partial charge on any atom is -0.395 e. The molecule has 0 unspecified atom stereocenters. The van der Waals surface area contributed by atoms with Gasteiger partial charge in [-0.05, 0) is 29.7 Å². The summed E-state index contributed by atoms with van der Waals surface area (Å²) in [7, 11) is 0. The Kier molecular flexibility index (Phi) is 4.63. The maximum absolute atomic E-state index is 12.6. The summed E-state index contributed by atoms with van der Waals surface area (Å²) in [4.78, 5) is 16.6. The molecule has 0 bridgehead atoms. The number of hydrogen-bond donors (Lipinski definition) is 4. The van der Waals surface area contributed by atoms with E-state index in [0.29, 0.717) is 34.9 Å². The largest absolute Gasteiger partial charge is 0.395 e. The van der Waals surface area contributed by atoms with E-state index in [2.05, 4.69) is 10.4 Å². The smallest absolute Gasteiger partial charge is 0.193 e. The molecule has 0 atom stereocenters. The van der Waals surface area contributed by atoms with E-state index in [9.17, 15) is 4.79 Å². The molecule has 0 aliphatic carbocycles. The van der Waals surface area contributed by atoms with Crippen LogP contribution < -0.4 is 22.7 Å². The summed E-state index contributed by atoms with van der Waals surface area (Å²) in [5.41, 5.74) is 17.8. The van der Waals surface area contributed by atoms with Crippen LogP contribution in [0.4, 0.5) is 17.3 Å². The first-order valence-electron chi connectivity index (χ1n) is 7.78. The molecule has 6 nitrogen and oxygen atoms in total. The quantitative estimate of drug-likeness (QED) is 0.323. The lowest BCUT2D eigenvalue weighted by Gasteiger charge is -2.12. The highest BCUT2D eigenvalue weighted by Crippen LogP contribution is 2.25. The second-order valence-corrected chi connectivity index (χ2v) is 5.69. The van der Waals surface area contributed by atoms with Crippen molar-refractivity contribution in [1.82, 2.24) is 4.98 Å². The molecule has 0 aliphatic rings. The summed E-state index contributed by atoms with van der Waals surface area (Å²) in [6.07, 6.45) is 0.517. The van der Waals surface area contributed by atoms with E-state index in [1.807, 2.05) is 36.4 Å². The van der Waals surface area contributed by atoms with Crippen LogP contribution in [0.25, 0.3) is 0 Å². The Bertz CT molecular complexity index is 909. The summed E-state index contributed by atoms with van der Waals surface area (Å²) in [6, 6.07) is 18.3. The van der Waals surface area contributed by atoms with Crippen LogP contribution in [0, 0.1) is 0 Å². The number of ketones is 1. The fraction of sp³-hybridized carbons (Fsp3) is 0.0526. The number of pyridine rings is 1. The standard InChI is InChI=1S/C19H19N5O/c20-16-11-15(17(21)19(23-16)24-22)10-12-5-4-8-14(9-12)18(25)13-6-2-1-3-7-13/h1-9,11H,10,21-22H2,(H3,20,23,24). The fourth-order valence-electron chi connectivity index (χ4n) is 2.68. The summed E-state index contributed by atoms with van der Waals surface area (Å²) >= 11 is 0. The average molecular weight is 333 g/mol. The number of hydrogen-bond acceptors (Lipinski definition) is 6. The molecule has 25 heavy (non-hydrogen) atoms. The van der Waals surface area contributed by atoms with Crippen molar-refractivity contribution in [3.8, 4) is 0 Å². The normalized spacial score (nSPS) is 10.4. The fourth-order valence-corrected chi connectivity index (χ4v) is 2.68. The van der Waals surface area contributed by atoms with E-state index in [0.717, 1.165) is 11.1 Å². The van der Waals surface area contributed by atoms with E-state index in [1.54, 1.807) is 24.3 Å². The zero-order valence-corrected chi connectivity index (χ0v) is 13.6. The van der Waals surface area contributed by atoms with Crippen LogP contribution in [0.1, 0.15) is 27.0 Å². The lowest BCUT2D eigenvalue weighted by Crippen LogP contribution is -2.13. The first kappa shape index (κ1) is 16.5. The molecule has 126 valence electrons. The first-order chi connectivity index (χ1) is 12.1. The minimum atomic E-state index is -0.0195. The monoisotopic (exact) mass is 333 g/mol. The van der Waals surface area contributed by atoms with Gasteiger partial charge in [0, 0.05) is 11.1 Å². The Morgan fingerprint density at radius 1 is 0.960 bits per heavy atom. The molecular formula is C19H19N5O. The molecule has 1 heterocycles. The van der Waals surface area contributed by atoms with Crippen molar-refractivity contribution in [2.45, 2.75) is 6.42 Å². The third kappa shape index (κ3) is 3.59. The van der Waals surface area contributed by atoms with Crippen molar-refractivity contribution in [1.29, 1.82) is 0 Å². The number of rotatable bonds is 5. The number of nitrogens with two attached hydrogens (primary N) is 3. The van der Waals surface area contributed by atoms with Crippen molar-refractivity contribution < 1.29 is 4.79 Å². The molecule has 0 fully saturated rings. The molecule has 3 aromatic rings. The van der Waals surface area contributed by atoms with Crippen LogP contribution in [-0.4, -0.2) is 10.8 Å². The van der Waals surface area contributed by atoms with Gasteiger partial charge >= 0.3 is 0 Å².